The smallest absolute Gasteiger partial charge is 0.259 e. The molecule has 0 spiro atoms. The van der Waals surface area contributed by atoms with Crippen molar-refractivity contribution in [2.24, 2.45) is 5.10 Å². The van der Waals surface area contributed by atoms with Gasteiger partial charge in [-0.05, 0) is 30.5 Å². The Kier molecular flexibility index (Phi) is 5.89. The molecule has 6 heteroatoms. The number of carbonyl (C=O) groups is 1. The number of phenols is 1. The normalized spacial score (nSPS) is 10.9. The lowest BCUT2D eigenvalue weighted by molar-refractivity contribution is -0.119. The van der Waals surface area contributed by atoms with Gasteiger partial charge in [-0.25, -0.2) is 5.43 Å². The number of ether oxygens (including phenoxy) is 1. The minimum Gasteiger partial charge on any atom is -0.507 e. The van der Waals surface area contributed by atoms with Crippen molar-refractivity contribution in [1.82, 2.24) is 5.43 Å². The SMILES string of the molecule is CCOc1ccc(/C=N/NC(=O)CNc2cccc3ccccc23)c(O)c1. The van der Waals surface area contributed by atoms with Gasteiger partial charge in [0.1, 0.15) is 11.5 Å². The average molecular weight is 363 g/mol. The third-order valence-electron chi connectivity index (χ3n) is 3.93. The van der Waals surface area contributed by atoms with Crippen molar-refractivity contribution in [3.8, 4) is 11.5 Å². The van der Waals surface area contributed by atoms with Gasteiger partial charge in [0.25, 0.3) is 5.91 Å². The van der Waals surface area contributed by atoms with Gasteiger partial charge in [-0.3, -0.25) is 4.79 Å². The number of phenolic OH excluding ortho intramolecular Hbond substituents is 1. The van der Waals surface area contributed by atoms with Crippen LogP contribution in [0.1, 0.15) is 12.5 Å². The summed E-state index contributed by atoms with van der Waals surface area (Å²) in [5.74, 6) is 0.327. The van der Waals surface area contributed by atoms with Crippen molar-refractivity contribution in [2.45, 2.75) is 6.92 Å². The zero-order valence-electron chi connectivity index (χ0n) is 15.0. The Morgan fingerprint density at radius 1 is 1.15 bits per heavy atom. The highest BCUT2D eigenvalue weighted by Crippen LogP contribution is 2.23. The second kappa shape index (κ2) is 8.71. The minimum atomic E-state index is -0.287. The maximum atomic E-state index is 12.0. The van der Waals surface area contributed by atoms with Crippen molar-refractivity contribution in [3.63, 3.8) is 0 Å². The van der Waals surface area contributed by atoms with Gasteiger partial charge in [0, 0.05) is 22.7 Å². The quantitative estimate of drug-likeness (QED) is 0.443. The maximum Gasteiger partial charge on any atom is 0.259 e. The summed E-state index contributed by atoms with van der Waals surface area (Å²) in [6, 6.07) is 18.8. The molecule has 0 aliphatic rings. The molecule has 0 atom stereocenters. The molecule has 0 fully saturated rings. The lowest BCUT2D eigenvalue weighted by Crippen LogP contribution is -2.25. The van der Waals surface area contributed by atoms with Crippen LogP contribution in [0.25, 0.3) is 10.8 Å². The van der Waals surface area contributed by atoms with Gasteiger partial charge >= 0.3 is 0 Å². The monoisotopic (exact) mass is 363 g/mol. The first-order valence-corrected chi connectivity index (χ1v) is 8.66. The predicted octanol–water partition coefficient (Wildman–Crippen LogP) is 3.51. The van der Waals surface area contributed by atoms with Gasteiger partial charge in [0.15, 0.2) is 0 Å². The standard InChI is InChI=1S/C21H21N3O3/c1-2-27-17-11-10-16(20(25)12-17)13-23-24-21(26)14-22-19-9-5-7-15-6-3-4-8-18(15)19/h3-13,22,25H,2,14H2,1H3,(H,24,26)/b23-13+. The number of aromatic hydroxyl groups is 1. The van der Waals surface area contributed by atoms with Crippen LogP contribution in [0.2, 0.25) is 0 Å². The van der Waals surface area contributed by atoms with E-state index in [-0.39, 0.29) is 18.2 Å². The van der Waals surface area contributed by atoms with E-state index in [1.807, 2.05) is 49.4 Å². The van der Waals surface area contributed by atoms with Crippen LogP contribution in [0.3, 0.4) is 0 Å². The second-order valence-corrected chi connectivity index (χ2v) is 5.83. The molecule has 27 heavy (non-hydrogen) atoms. The molecule has 0 aliphatic carbocycles. The molecule has 138 valence electrons. The van der Waals surface area contributed by atoms with Gasteiger partial charge in [0.2, 0.25) is 0 Å². The number of hydrogen-bond donors (Lipinski definition) is 3. The Balaban J connectivity index is 1.56. The molecular weight excluding hydrogens is 342 g/mol. The zero-order valence-corrected chi connectivity index (χ0v) is 15.0. The summed E-state index contributed by atoms with van der Waals surface area (Å²) in [4.78, 5) is 12.0. The third-order valence-corrected chi connectivity index (χ3v) is 3.93. The molecule has 0 aliphatic heterocycles. The number of nitrogens with zero attached hydrogens (tertiary/aromatic N) is 1. The Morgan fingerprint density at radius 2 is 1.96 bits per heavy atom. The zero-order chi connectivity index (χ0) is 19.1. The topological polar surface area (TPSA) is 83.0 Å². The molecule has 3 rings (SSSR count). The molecule has 3 aromatic rings. The predicted molar refractivity (Wildman–Crippen MR) is 107 cm³/mol. The number of fused-ring (bicyclic) bond motifs is 1. The van der Waals surface area contributed by atoms with E-state index in [1.54, 1.807) is 12.1 Å². The molecule has 0 unspecified atom stereocenters. The van der Waals surface area contributed by atoms with Crippen molar-refractivity contribution >= 4 is 28.6 Å². The van der Waals surface area contributed by atoms with Crippen LogP contribution in [0.4, 0.5) is 5.69 Å². The molecule has 6 nitrogen and oxygen atoms in total. The third kappa shape index (κ3) is 4.76. The lowest BCUT2D eigenvalue weighted by Gasteiger charge is -2.09. The van der Waals surface area contributed by atoms with E-state index >= 15 is 0 Å². The van der Waals surface area contributed by atoms with E-state index < -0.39 is 0 Å². The fourth-order valence-electron chi connectivity index (χ4n) is 2.66. The molecule has 0 radical (unpaired) electrons. The average Bonchev–Trinajstić information content (AvgIpc) is 2.68. The van der Waals surface area contributed by atoms with Gasteiger partial charge in [-0.15, -0.1) is 0 Å². The van der Waals surface area contributed by atoms with Crippen LogP contribution in [0.15, 0.2) is 65.8 Å². The molecule has 0 saturated heterocycles. The highest BCUT2D eigenvalue weighted by molar-refractivity contribution is 5.95. The number of nitrogens with one attached hydrogen (secondary N) is 2. The van der Waals surface area contributed by atoms with E-state index in [4.69, 9.17) is 4.74 Å². The molecule has 0 saturated carbocycles. The first kappa shape index (κ1) is 18.3. The first-order valence-electron chi connectivity index (χ1n) is 8.66. The summed E-state index contributed by atoms with van der Waals surface area (Å²) in [6.07, 6.45) is 1.39. The van der Waals surface area contributed by atoms with E-state index in [1.165, 1.54) is 12.3 Å². The molecule has 3 N–H and O–H groups in total. The van der Waals surface area contributed by atoms with Gasteiger partial charge < -0.3 is 15.2 Å². The molecule has 0 aromatic heterocycles. The van der Waals surface area contributed by atoms with Crippen LogP contribution in [0.5, 0.6) is 11.5 Å². The summed E-state index contributed by atoms with van der Waals surface area (Å²) in [5, 5.41) is 19.1. The summed E-state index contributed by atoms with van der Waals surface area (Å²) in [5.41, 5.74) is 3.81. The molecule has 3 aromatic carbocycles. The fourth-order valence-corrected chi connectivity index (χ4v) is 2.66. The number of hydrogen-bond acceptors (Lipinski definition) is 5. The van der Waals surface area contributed by atoms with E-state index in [0.29, 0.717) is 17.9 Å². The highest BCUT2D eigenvalue weighted by Gasteiger charge is 2.04. The van der Waals surface area contributed by atoms with Crippen LogP contribution in [-0.2, 0) is 4.79 Å². The van der Waals surface area contributed by atoms with Crippen molar-refractivity contribution in [1.29, 1.82) is 0 Å². The maximum absolute atomic E-state index is 12.0. The molecule has 1 amide bonds. The van der Waals surface area contributed by atoms with Crippen LogP contribution < -0.4 is 15.5 Å². The van der Waals surface area contributed by atoms with E-state index in [2.05, 4.69) is 15.8 Å². The number of hydrazone groups is 1. The number of carbonyl (C=O) groups excluding carboxylic acids is 1. The van der Waals surface area contributed by atoms with E-state index in [9.17, 15) is 9.90 Å². The Labute approximate surface area is 157 Å². The van der Waals surface area contributed by atoms with Crippen LogP contribution in [-0.4, -0.2) is 30.4 Å². The number of anilines is 1. The van der Waals surface area contributed by atoms with Gasteiger partial charge in [-0.1, -0.05) is 36.4 Å². The van der Waals surface area contributed by atoms with Crippen LogP contribution in [0, 0.1) is 0 Å². The summed E-state index contributed by atoms with van der Waals surface area (Å²) in [7, 11) is 0. The summed E-state index contributed by atoms with van der Waals surface area (Å²) < 4.78 is 5.31. The Hall–Kier alpha value is -3.54. The molecule has 0 bridgehead atoms. The van der Waals surface area contributed by atoms with Crippen LogP contribution >= 0.6 is 0 Å². The fraction of sp³-hybridized carbons (Fsp3) is 0.143. The summed E-state index contributed by atoms with van der Waals surface area (Å²) >= 11 is 0. The highest BCUT2D eigenvalue weighted by atomic mass is 16.5. The Morgan fingerprint density at radius 3 is 2.78 bits per heavy atom. The number of amides is 1. The number of benzene rings is 3. The number of rotatable bonds is 7. The second-order valence-electron chi connectivity index (χ2n) is 5.83. The lowest BCUT2D eigenvalue weighted by atomic mass is 10.1. The Bertz CT molecular complexity index is 965. The van der Waals surface area contributed by atoms with Crippen molar-refractivity contribution < 1.29 is 14.6 Å². The largest absolute Gasteiger partial charge is 0.507 e. The molecular formula is C21H21N3O3. The summed E-state index contributed by atoms with van der Waals surface area (Å²) in [6.45, 7) is 2.47. The van der Waals surface area contributed by atoms with E-state index in [0.717, 1.165) is 16.5 Å². The first-order chi connectivity index (χ1) is 13.2. The van der Waals surface area contributed by atoms with Crippen molar-refractivity contribution in [3.05, 3.63) is 66.2 Å². The van der Waals surface area contributed by atoms with Gasteiger partial charge in [0.05, 0.1) is 19.4 Å². The molecule has 0 heterocycles. The van der Waals surface area contributed by atoms with Gasteiger partial charge in [-0.2, -0.15) is 5.10 Å². The minimum absolute atomic E-state index is 0.0350. The van der Waals surface area contributed by atoms with Crippen molar-refractivity contribution in [2.75, 3.05) is 18.5 Å².